The van der Waals surface area contributed by atoms with Crippen LogP contribution in [0.25, 0.3) is 0 Å². The van der Waals surface area contributed by atoms with E-state index in [4.69, 9.17) is 21.7 Å². The highest BCUT2D eigenvalue weighted by Gasteiger charge is 2.11. The third-order valence-electron chi connectivity index (χ3n) is 2.89. The number of hydrogen-bond acceptors (Lipinski definition) is 5. The molecule has 0 spiro atoms. The molecule has 0 radical (unpaired) electrons. The van der Waals surface area contributed by atoms with Gasteiger partial charge >= 0.3 is 0 Å². The van der Waals surface area contributed by atoms with E-state index in [0.717, 1.165) is 22.9 Å². The number of hydrogen-bond donors (Lipinski definition) is 2. The zero-order chi connectivity index (χ0) is 13.2. The molecule has 0 aliphatic carbocycles. The number of H-pyrrole nitrogens is 1. The van der Waals surface area contributed by atoms with Gasteiger partial charge in [-0.2, -0.15) is 5.10 Å². The van der Waals surface area contributed by atoms with Gasteiger partial charge in [0, 0.05) is 0 Å². The van der Waals surface area contributed by atoms with Crippen LogP contribution in [0.3, 0.4) is 0 Å². The summed E-state index contributed by atoms with van der Waals surface area (Å²) in [6.45, 7) is 3.71. The lowest BCUT2D eigenvalue weighted by Crippen LogP contribution is -2.17. The number of aryl methyl sites for hydroxylation is 1. The Hall–Kier alpha value is -2.02. The smallest absolute Gasteiger partial charge is 0.214 e. The van der Waals surface area contributed by atoms with Gasteiger partial charge in [0.2, 0.25) is 4.77 Å². The van der Waals surface area contributed by atoms with Gasteiger partial charge in [0.25, 0.3) is 0 Å². The lowest BCUT2D eigenvalue weighted by atomic mass is 10.2. The average molecular weight is 278 g/mol. The molecule has 1 aliphatic heterocycles. The van der Waals surface area contributed by atoms with Crippen molar-refractivity contribution in [3.05, 3.63) is 34.4 Å². The van der Waals surface area contributed by atoms with Crippen LogP contribution >= 0.6 is 12.2 Å². The summed E-state index contributed by atoms with van der Waals surface area (Å²) < 4.78 is 13.3. The molecule has 2 aromatic rings. The van der Waals surface area contributed by atoms with Gasteiger partial charge in [-0.1, -0.05) is 6.07 Å². The van der Waals surface area contributed by atoms with Crippen LogP contribution in [-0.4, -0.2) is 28.1 Å². The number of nitrogens with one attached hydrogen (secondary N) is 2. The van der Waals surface area contributed by atoms with E-state index in [-0.39, 0.29) is 0 Å². The molecule has 6 nitrogen and oxygen atoms in total. The van der Waals surface area contributed by atoms with Crippen molar-refractivity contribution in [1.82, 2.24) is 14.9 Å². The Bertz CT molecular complexity index is 649. The van der Waals surface area contributed by atoms with Gasteiger partial charge in [-0.25, -0.2) is 4.68 Å². The number of aromatic amines is 1. The number of fused-ring (bicyclic) bond motifs is 1. The molecule has 0 atom stereocenters. The van der Waals surface area contributed by atoms with E-state index in [1.807, 2.05) is 25.1 Å². The Morgan fingerprint density at radius 2 is 2.16 bits per heavy atom. The largest absolute Gasteiger partial charge is 0.486 e. The quantitative estimate of drug-likeness (QED) is 0.838. The second kappa shape index (κ2) is 4.93. The van der Waals surface area contributed by atoms with E-state index in [0.29, 0.717) is 24.5 Å². The first-order chi connectivity index (χ1) is 9.24. The molecule has 0 saturated heterocycles. The molecule has 1 aromatic carbocycles. The highest BCUT2D eigenvalue weighted by molar-refractivity contribution is 7.71. The molecule has 100 valence electrons. The van der Waals surface area contributed by atoms with Crippen molar-refractivity contribution in [2.24, 2.45) is 0 Å². The first kappa shape index (κ1) is 12.0. The van der Waals surface area contributed by atoms with E-state index >= 15 is 0 Å². The van der Waals surface area contributed by atoms with E-state index in [9.17, 15) is 0 Å². The molecule has 0 fully saturated rings. The fraction of sp³-hybridized carbons (Fsp3) is 0.333. The highest BCUT2D eigenvalue weighted by Crippen LogP contribution is 2.30. The molecule has 0 unspecified atom stereocenters. The van der Waals surface area contributed by atoms with E-state index in [1.54, 1.807) is 4.68 Å². The maximum atomic E-state index is 5.55. The molecule has 0 amide bonds. The number of ether oxygens (including phenoxy) is 2. The van der Waals surface area contributed by atoms with E-state index < -0.39 is 0 Å². The van der Waals surface area contributed by atoms with Crippen LogP contribution in [0.4, 0.5) is 0 Å². The molecule has 0 bridgehead atoms. The van der Waals surface area contributed by atoms with Crippen molar-refractivity contribution in [1.29, 1.82) is 0 Å². The van der Waals surface area contributed by atoms with E-state index in [1.165, 1.54) is 0 Å². The van der Waals surface area contributed by atoms with Gasteiger partial charge in [-0.05, 0) is 36.8 Å². The zero-order valence-electron chi connectivity index (χ0n) is 10.5. The Labute approximate surface area is 115 Å². The number of rotatable bonds is 3. The molecule has 0 saturated carbocycles. The zero-order valence-corrected chi connectivity index (χ0v) is 11.3. The van der Waals surface area contributed by atoms with Crippen LogP contribution in [0.1, 0.15) is 11.4 Å². The Kier molecular flexibility index (Phi) is 3.12. The van der Waals surface area contributed by atoms with Gasteiger partial charge in [-0.15, -0.1) is 0 Å². The molecule has 2 heterocycles. The summed E-state index contributed by atoms with van der Waals surface area (Å²) in [5.41, 5.74) is 4.30. The second-order valence-corrected chi connectivity index (χ2v) is 4.61. The Balaban J connectivity index is 1.75. The first-order valence-corrected chi connectivity index (χ1v) is 6.41. The van der Waals surface area contributed by atoms with Crippen molar-refractivity contribution >= 4 is 12.2 Å². The maximum absolute atomic E-state index is 5.55. The summed E-state index contributed by atoms with van der Waals surface area (Å²) in [5.74, 6) is 2.38. The van der Waals surface area contributed by atoms with Crippen molar-refractivity contribution in [2.45, 2.75) is 13.5 Å². The predicted molar refractivity (Wildman–Crippen MR) is 72.6 cm³/mol. The normalized spacial score (nSPS) is 13.3. The minimum absolute atomic E-state index is 0.551. The summed E-state index contributed by atoms with van der Waals surface area (Å²) >= 11 is 5.12. The lowest BCUT2D eigenvalue weighted by Gasteiger charge is -2.19. The van der Waals surface area contributed by atoms with Crippen LogP contribution < -0.4 is 14.9 Å². The van der Waals surface area contributed by atoms with Crippen molar-refractivity contribution < 1.29 is 9.47 Å². The Morgan fingerprint density at radius 3 is 2.89 bits per heavy atom. The van der Waals surface area contributed by atoms with Gasteiger partial charge in [0.15, 0.2) is 11.5 Å². The molecule has 7 heteroatoms. The molecule has 2 N–H and O–H groups in total. The summed E-state index contributed by atoms with van der Waals surface area (Å²) in [7, 11) is 0. The van der Waals surface area contributed by atoms with Crippen LogP contribution in [-0.2, 0) is 6.54 Å². The molecule has 3 rings (SSSR count). The van der Waals surface area contributed by atoms with Gasteiger partial charge < -0.3 is 14.9 Å². The molecular weight excluding hydrogens is 264 g/mol. The number of nitrogens with zero attached hydrogens (tertiary/aromatic N) is 2. The van der Waals surface area contributed by atoms with Gasteiger partial charge in [-0.3, -0.25) is 5.10 Å². The van der Waals surface area contributed by atoms with Gasteiger partial charge in [0.05, 0.1) is 6.54 Å². The second-order valence-electron chi connectivity index (χ2n) is 4.22. The van der Waals surface area contributed by atoms with Crippen LogP contribution in [0.15, 0.2) is 18.2 Å². The summed E-state index contributed by atoms with van der Waals surface area (Å²) in [6.07, 6.45) is 0. The molecule has 19 heavy (non-hydrogen) atoms. The van der Waals surface area contributed by atoms with Crippen LogP contribution in [0.2, 0.25) is 0 Å². The fourth-order valence-electron chi connectivity index (χ4n) is 1.93. The molecule has 1 aromatic heterocycles. The SMILES string of the molecule is Cc1n[nH]c(=S)n1NCc1ccc2c(c1)OCCO2. The van der Waals surface area contributed by atoms with Crippen LogP contribution in [0, 0.1) is 11.7 Å². The first-order valence-electron chi connectivity index (χ1n) is 6.00. The van der Waals surface area contributed by atoms with Crippen molar-refractivity contribution in [3.63, 3.8) is 0 Å². The Morgan fingerprint density at radius 1 is 1.37 bits per heavy atom. The minimum Gasteiger partial charge on any atom is -0.486 e. The summed E-state index contributed by atoms with van der Waals surface area (Å²) in [5, 5.41) is 6.77. The predicted octanol–water partition coefficient (Wildman–Crippen LogP) is 1.76. The third-order valence-corrected chi connectivity index (χ3v) is 3.16. The number of benzene rings is 1. The molecular formula is C12H14N4O2S. The maximum Gasteiger partial charge on any atom is 0.214 e. The molecule has 1 aliphatic rings. The average Bonchev–Trinajstić information content (AvgIpc) is 2.76. The summed E-state index contributed by atoms with van der Waals surface area (Å²) in [4.78, 5) is 0. The summed E-state index contributed by atoms with van der Waals surface area (Å²) in [6, 6.07) is 5.90. The van der Waals surface area contributed by atoms with Crippen molar-refractivity contribution in [2.75, 3.05) is 18.6 Å². The van der Waals surface area contributed by atoms with Gasteiger partial charge in [0.1, 0.15) is 19.0 Å². The minimum atomic E-state index is 0.551. The fourth-order valence-corrected chi connectivity index (χ4v) is 2.17. The topological polar surface area (TPSA) is 64.1 Å². The van der Waals surface area contributed by atoms with Crippen molar-refractivity contribution in [3.8, 4) is 11.5 Å². The lowest BCUT2D eigenvalue weighted by molar-refractivity contribution is 0.171. The highest BCUT2D eigenvalue weighted by atomic mass is 32.1. The number of aromatic nitrogens is 3. The monoisotopic (exact) mass is 278 g/mol. The standard InChI is InChI=1S/C12H14N4O2S/c1-8-14-15-12(19)16(8)13-7-9-2-3-10-11(6-9)18-5-4-17-10/h2-3,6,13H,4-5,7H2,1H3,(H,15,19). The van der Waals surface area contributed by atoms with Crippen LogP contribution in [0.5, 0.6) is 11.5 Å². The van der Waals surface area contributed by atoms with E-state index in [2.05, 4.69) is 15.6 Å². The third kappa shape index (κ3) is 2.41.